The molecule has 2 saturated heterocycles. The molecule has 0 radical (unpaired) electrons. The van der Waals surface area contributed by atoms with Crippen LogP contribution in [0.1, 0.15) is 58.3 Å². The van der Waals surface area contributed by atoms with E-state index < -0.39 is 5.60 Å². The van der Waals surface area contributed by atoms with Crippen molar-refractivity contribution in [2.24, 2.45) is 0 Å². The maximum Gasteiger partial charge on any atom is 0.410 e. The third-order valence-corrected chi connectivity index (χ3v) is 5.60. The van der Waals surface area contributed by atoms with Gasteiger partial charge < -0.3 is 29.6 Å². The predicted molar refractivity (Wildman–Crippen MR) is 125 cm³/mol. The fourth-order valence-corrected chi connectivity index (χ4v) is 3.80. The fourth-order valence-electron chi connectivity index (χ4n) is 3.60. The van der Waals surface area contributed by atoms with E-state index in [2.05, 4.69) is 9.97 Å². The Labute approximate surface area is 199 Å². The molecule has 0 saturated carbocycles. The van der Waals surface area contributed by atoms with Gasteiger partial charge in [0.25, 0.3) is 0 Å². The molecule has 33 heavy (non-hydrogen) atoms. The van der Waals surface area contributed by atoms with Crippen molar-refractivity contribution < 1.29 is 23.8 Å². The molecule has 2 aromatic rings. The predicted octanol–water partition coefficient (Wildman–Crippen LogP) is 4.24. The van der Waals surface area contributed by atoms with Crippen LogP contribution >= 0.6 is 11.6 Å². The smallest absolute Gasteiger partial charge is 0.410 e. The van der Waals surface area contributed by atoms with Crippen molar-refractivity contribution in [2.45, 2.75) is 64.1 Å². The lowest BCUT2D eigenvalue weighted by Gasteiger charge is -2.32. The summed E-state index contributed by atoms with van der Waals surface area (Å²) < 4.78 is 16.3. The number of piperidine rings is 1. The molecule has 1 atom stereocenters. The summed E-state index contributed by atoms with van der Waals surface area (Å²) in [6.45, 7) is 8.19. The zero-order chi connectivity index (χ0) is 24.0. The van der Waals surface area contributed by atoms with Gasteiger partial charge in [-0.15, -0.1) is 0 Å². The Hall–Kier alpha value is -2.36. The number of carbonyl (C=O) groups is 1. The van der Waals surface area contributed by atoms with Gasteiger partial charge in [-0.1, -0.05) is 11.6 Å². The van der Waals surface area contributed by atoms with Gasteiger partial charge in [0.1, 0.15) is 11.4 Å². The molecule has 10 heteroatoms. The summed E-state index contributed by atoms with van der Waals surface area (Å²) in [4.78, 5) is 22.2. The number of amides is 1. The van der Waals surface area contributed by atoms with Crippen molar-refractivity contribution in [3.05, 3.63) is 29.4 Å². The largest absolute Gasteiger partial charge is 0.444 e. The summed E-state index contributed by atoms with van der Waals surface area (Å²) in [5.74, 6) is 1.73. The van der Waals surface area contributed by atoms with E-state index in [4.69, 9.17) is 36.3 Å². The summed E-state index contributed by atoms with van der Waals surface area (Å²) in [5, 5.41) is 9.24. The van der Waals surface area contributed by atoms with Crippen molar-refractivity contribution in [2.75, 3.05) is 32.0 Å². The zero-order valence-electron chi connectivity index (χ0n) is 19.4. The number of hydrogen-bond acceptors (Lipinski definition) is 8. The number of ether oxygens (including phenoxy) is 2. The Balaban J connectivity index is 0.000000374. The molecule has 2 aromatic heterocycles. The van der Waals surface area contributed by atoms with Crippen molar-refractivity contribution in [3.63, 3.8) is 0 Å². The highest BCUT2D eigenvalue weighted by atomic mass is 35.5. The highest BCUT2D eigenvalue weighted by molar-refractivity contribution is 6.33. The molecule has 0 spiro atoms. The molecule has 1 amide bonds. The van der Waals surface area contributed by atoms with Crippen LogP contribution in [0.15, 0.2) is 22.9 Å². The molecular formula is C23H33ClN4O5. The Morgan fingerprint density at radius 3 is 2.55 bits per heavy atom. The highest BCUT2D eigenvalue weighted by Crippen LogP contribution is 2.33. The number of aliphatic hydroxyl groups excluding tert-OH is 1. The number of aromatic nitrogens is 2. The second-order valence-electron chi connectivity index (χ2n) is 9.26. The third kappa shape index (κ3) is 7.58. The van der Waals surface area contributed by atoms with E-state index in [1.807, 2.05) is 20.8 Å². The van der Waals surface area contributed by atoms with Gasteiger partial charge in [0, 0.05) is 37.4 Å². The number of halogens is 1. The molecule has 182 valence electrons. The molecule has 0 aliphatic carbocycles. The first kappa shape index (κ1) is 25.3. The Bertz CT molecular complexity index is 916. The summed E-state index contributed by atoms with van der Waals surface area (Å²) >= 11 is 6.17. The van der Waals surface area contributed by atoms with Gasteiger partial charge in [-0.3, -0.25) is 0 Å². The molecule has 4 rings (SSSR count). The maximum absolute atomic E-state index is 12.1. The minimum Gasteiger partial charge on any atom is -0.444 e. The Morgan fingerprint density at radius 2 is 1.97 bits per heavy atom. The molecule has 3 N–H and O–H groups in total. The van der Waals surface area contributed by atoms with Gasteiger partial charge in [-0.05, 0) is 52.5 Å². The average Bonchev–Trinajstić information content (AvgIpc) is 3.25. The van der Waals surface area contributed by atoms with Crippen molar-refractivity contribution in [3.8, 4) is 11.3 Å². The number of carbonyl (C=O) groups excluding carboxylic acids is 1. The quantitative estimate of drug-likeness (QED) is 0.653. The molecule has 2 aliphatic heterocycles. The monoisotopic (exact) mass is 480 g/mol. The lowest BCUT2D eigenvalue weighted by molar-refractivity contribution is -0.00535. The number of likely N-dealkylation sites (tertiary alicyclic amines) is 1. The number of aliphatic hydroxyl groups is 1. The Kier molecular flexibility index (Phi) is 8.56. The number of oxazole rings is 1. The van der Waals surface area contributed by atoms with Crippen molar-refractivity contribution in [1.82, 2.24) is 14.9 Å². The summed E-state index contributed by atoms with van der Waals surface area (Å²) in [5.41, 5.74) is 5.90. The van der Waals surface area contributed by atoms with Crippen LogP contribution < -0.4 is 5.73 Å². The second kappa shape index (κ2) is 11.2. The number of nitrogens with two attached hydrogens (primary N) is 1. The SMILES string of the molecule is CC(C)(C)OC(=O)N1CCC(c2ncc(-c3cc(N)ncc3Cl)o2)CC1.OC1CCCOC1. The molecule has 2 aliphatic rings. The third-order valence-electron chi connectivity index (χ3n) is 5.30. The second-order valence-corrected chi connectivity index (χ2v) is 9.67. The van der Waals surface area contributed by atoms with Crippen LogP contribution in [-0.2, 0) is 9.47 Å². The minimum atomic E-state index is -0.489. The van der Waals surface area contributed by atoms with Crippen LogP contribution in [0, 0.1) is 0 Å². The fraction of sp³-hybridized carbons (Fsp3) is 0.609. The van der Waals surface area contributed by atoms with E-state index in [9.17, 15) is 4.79 Å². The van der Waals surface area contributed by atoms with Crippen LogP contribution in [0.5, 0.6) is 0 Å². The number of rotatable bonds is 2. The van der Waals surface area contributed by atoms with Gasteiger partial charge in [-0.25, -0.2) is 14.8 Å². The minimum absolute atomic E-state index is 0.153. The molecule has 4 heterocycles. The summed E-state index contributed by atoms with van der Waals surface area (Å²) in [6.07, 6.45) is 6.15. The standard InChI is InChI=1S/C18H23ClN4O3.C5H10O2/c1-18(2,3)26-17(24)23-6-4-11(5-7-23)16-22-10-14(25-16)12-8-15(20)21-9-13(12)19;6-5-2-1-3-7-4-5/h8-11H,4-7H2,1-3H3,(H2,20,21);5-6H,1-4H2. The normalized spacial score (nSPS) is 19.5. The van der Waals surface area contributed by atoms with E-state index in [1.54, 1.807) is 17.2 Å². The van der Waals surface area contributed by atoms with E-state index in [-0.39, 0.29) is 18.1 Å². The van der Waals surface area contributed by atoms with E-state index in [1.165, 1.54) is 6.20 Å². The molecule has 2 fully saturated rings. The van der Waals surface area contributed by atoms with Crippen molar-refractivity contribution >= 4 is 23.5 Å². The van der Waals surface area contributed by atoms with Crippen LogP contribution in [-0.4, -0.2) is 64.1 Å². The van der Waals surface area contributed by atoms with E-state index in [0.717, 1.165) is 32.3 Å². The molecular weight excluding hydrogens is 448 g/mol. The van der Waals surface area contributed by atoms with Gasteiger partial charge in [0.05, 0.1) is 23.9 Å². The zero-order valence-corrected chi connectivity index (χ0v) is 20.2. The Morgan fingerprint density at radius 1 is 1.24 bits per heavy atom. The van der Waals surface area contributed by atoms with Crippen LogP contribution in [0.3, 0.4) is 0 Å². The first-order chi connectivity index (χ1) is 15.6. The molecule has 1 unspecified atom stereocenters. The summed E-state index contributed by atoms with van der Waals surface area (Å²) in [7, 11) is 0. The summed E-state index contributed by atoms with van der Waals surface area (Å²) in [6, 6.07) is 1.66. The van der Waals surface area contributed by atoms with Gasteiger partial charge in [-0.2, -0.15) is 0 Å². The highest BCUT2D eigenvalue weighted by Gasteiger charge is 2.29. The lowest BCUT2D eigenvalue weighted by atomic mass is 9.97. The molecule has 9 nitrogen and oxygen atoms in total. The van der Waals surface area contributed by atoms with Crippen LogP contribution in [0.25, 0.3) is 11.3 Å². The van der Waals surface area contributed by atoms with Crippen LogP contribution in [0.2, 0.25) is 5.02 Å². The number of anilines is 1. The van der Waals surface area contributed by atoms with Gasteiger partial charge in [0.15, 0.2) is 11.7 Å². The maximum atomic E-state index is 12.1. The number of nitrogens with zero attached hydrogens (tertiary/aromatic N) is 3. The molecule has 0 aromatic carbocycles. The average molecular weight is 481 g/mol. The number of hydrogen-bond donors (Lipinski definition) is 2. The number of nitrogen functional groups attached to an aromatic ring is 1. The first-order valence-corrected chi connectivity index (χ1v) is 11.6. The number of pyridine rings is 1. The van der Waals surface area contributed by atoms with Crippen molar-refractivity contribution in [1.29, 1.82) is 0 Å². The van der Waals surface area contributed by atoms with Crippen LogP contribution in [0.4, 0.5) is 10.6 Å². The topological polar surface area (TPSA) is 124 Å². The lowest BCUT2D eigenvalue weighted by Crippen LogP contribution is -2.41. The van der Waals surface area contributed by atoms with E-state index in [0.29, 0.717) is 47.8 Å². The first-order valence-electron chi connectivity index (χ1n) is 11.2. The van der Waals surface area contributed by atoms with Gasteiger partial charge >= 0.3 is 6.09 Å². The molecule has 0 bridgehead atoms. The van der Waals surface area contributed by atoms with Gasteiger partial charge in [0.2, 0.25) is 0 Å². The van der Waals surface area contributed by atoms with E-state index >= 15 is 0 Å².